The maximum atomic E-state index is 13.9. The third-order valence-corrected chi connectivity index (χ3v) is 2.34. The van der Waals surface area contributed by atoms with Gasteiger partial charge in [0, 0.05) is 12.0 Å². The van der Waals surface area contributed by atoms with Gasteiger partial charge in [0.05, 0.1) is 14.2 Å². The summed E-state index contributed by atoms with van der Waals surface area (Å²) in [7, 11) is 2.79. The quantitative estimate of drug-likeness (QED) is 0.848. The van der Waals surface area contributed by atoms with Gasteiger partial charge in [-0.25, -0.2) is 4.39 Å². The highest BCUT2D eigenvalue weighted by molar-refractivity contribution is 5.67. The van der Waals surface area contributed by atoms with Crippen molar-refractivity contribution in [2.24, 2.45) is 0 Å². The van der Waals surface area contributed by atoms with Crippen molar-refractivity contribution in [2.45, 2.75) is 12.8 Å². The Labute approximate surface area is 105 Å². The van der Waals surface area contributed by atoms with Crippen molar-refractivity contribution in [3.05, 3.63) is 29.6 Å². The number of rotatable bonds is 6. The van der Waals surface area contributed by atoms with Gasteiger partial charge in [0.2, 0.25) is 0 Å². The number of ether oxygens (including phenoxy) is 2. The molecule has 0 saturated heterocycles. The highest BCUT2D eigenvalue weighted by atomic mass is 19.1. The molecule has 1 aromatic carbocycles. The fourth-order valence-corrected chi connectivity index (χ4v) is 1.45. The topological polar surface area (TPSA) is 55.8 Å². The first-order chi connectivity index (χ1) is 8.60. The second kappa shape index (κ2) is 6.64. The average Bonchev–Trinajstić information content (AvgIpc) is 2.35. The minimum Gasteiger partial charge on any atom is -0.493 e. The molecular weight excluding hydrogens is 239 g/mol. The Morgan fingerprint density at radius 3 is 2.67 bits per heavy atom. The molecule has 0 aliphatic rings. The highest BCUT2D eigenvalue weighted by Crippen LogP contribution is 2.32. The molecule has 0 unspecified atom stereocenters. The fourth-order valence-electron chi connectivity index (χ4n) is 1.45. The number of benzene rings is 1. The summed E-state index contributed by atoms with van der Waals surface area (Å²) < 4.78 is 23.8. The van der Waals surface area contributed by atoms with Gasteiger partial charge in [-0.15, -0.1) is 0 Å². The summed E-state index contributed by atoms with van der Waals surface area (Å²) in [6.45, 7) is 0. The lowest BCUT2D eigenvalue weighted by atomic mass is 10.1. The van der Waals surface area contributed by atoms with E-state index in [0.717, 1.165) is 0 Å². The lowest BCUT2D eigenvalue weighted by Gasteiger charge is -2.09. The molecule has 0 amide bonds. The molecule has 0 aliphatic carbocycles. The monoisotopic (exact) mass is 254 g/mol. The van der Waals surface area contributed by atoms with Crippen molar-refractivity contribution in [2.75, 3.05) is 14.2 Å². The van der Waals surface area contributed by atoms with Gasteiger partial charge in [0.1, 0.15) is 0 Å². The average molecular weight is 254 g/mol. The van der Waals surface area contributed by atoms with Gasteiger partial charge in [0.15, 0.2) is 17.3 Å². The largest absolute Gasteiger partial charge is 0.493 e. The molecule has 1 aromatic rings. The van der Waals surface area contributed by atoms with Gasteiger partial charge >= 0.3 is 5.97 Å². The van der Waals surface area contributed by atoms with Crippen molar-refractivity contribution >= 4 is 12.0 Å². The van der Waals surface area contributed by atoms with E-state index in [9.17, 15) is 9.18 Å². The van der Waals surface area contributed by atoms with E-state index in [1.54, 1.807) is 18.2 Å². The number of methoxy groups -OCH3 is 2. The van der Waals surface area contributed by atoms with E-state index in [0.29, 0.717) is 17.7 Å². The molecule has 0 heterocycles. The predicted octanol–water partition coefficient (Wildman–Crippen LogP) is 2.72. The number of hydrogen-bond donors (Lipinski definition) is 1. The van der Waals surface area contributed by atoms with Gasteiger partial charge in [-0.05, 0) is 18.6 Å². The number of allylic oxidation sites excluding steroid dienone is 1. The second-order valence-electron chi connectivity index (χ2n) is 3.54. The lowest BCUT2D eigenvalue weighted by Crippen LogP contribution is -1.96. The Kier molecular flexibility index (Phi) is 5.17. The van der Waals surface area contributed by atoms with Gasteiger partial charge in [-0.1, -0.05) is 12.2 Å². The number of halogens is 1. The summed E-state index contributed by atoms with van der Waals surface area (Å²) in [4.78, 5) is 10.3. The molecular formula is C13H15FO4. The van der Waals surface area contributed by atoms with Crippen LogP contribution in [0.1, 0.15) is 18.4 Å². The highest BCUT2D eigenvalue weighted by Gasteiger charge is 2.12. The zero-order valence-corrected chi connectivity index (χ0v) is 10.3. The van der Waals surface area contributed by atoms with Crippen LogP contribution < -0.4 is 9.47 Å². The van der Waals surface area contributed by atoms with E-state index in [4.69, 9.17) is 14.6 Å². The number of aliphatic carboxylic acids is 1. The van der Waals surface area contributed by atoms with Gasteiger partial charge in [0.25, 0.3) is 0 Å². The van der Waals surface area contributed by atoms with Crippen LogP contribution in [0.3, 0.4) is 0 Å². The van der Waals surface area contributed by atoms with Crippen LogP contribution >= 0.6 is 0 Å². The maximum absolute atomic E-state index is 13.9. The van der Waals surface area contributed by atoms with Crippen LogP contribution in [0.25, 0.3) is 6.08 Å². The zero-order valence-electron chi connectivity index (χ0n) is 10.3. The molecule has 0 spiro atoms. The summed E-state index contributed by atoms with van der Waals surface area (Å²) >= 11 is 0. The molecule has 1 N–H and O–H groups in total. The predicted molar refractivity (Wildman–Crippen MR) is 65.4 cm³/mol. The number of carbonyl (C=O) groups is 1. The van der Waals surface area contributed by atoms with Crippen LogP contribution in [0.2, 0.25) is 0 Å². The molecule has 4 nitrogen and oxygen atoms in total. The first kappa shape index (κ1) is 14.0. The van der Waals surface area contributed by atoms with Crippen LogP contribution in [0.5, 0.6) is 11.5 Å². The van der Waals surface area contributed by atoms with Gasteiger partial charge in [-0.2, -0.15) is 0 Å². The van der Waals surface area contributed by atoms with E-state index < -0.39 is 11.8 Å². The van der Waals surface area contributed by atoms with Crippen LogP contribution in [-0.4, -0.2) is 25.3 Å². The molecule has 18 heavy (non-hydrogen) atoms. The molecule has 0 aromatic heterocycles. The van der Waals surface area contributed by atoms with E-state index in [1.165, 1.54) is 20.3 Å². The molecule has 0 aliphatic heterocycles. The summed E-state index contributed by atoms with van der Waals surface area (Å²) in [6, 6.07) is 3.15. The number of carboxylic acids is 1. The molecule has 0 radical (unpaired) electrons. The number of carboxylic acid groups (broad SMARTS) is 1. The van der Waals surface area contributed by atoms with E-state index in [2.05, 4.69) is 0 Å². The summed E-state index contributed by atoms with van der Waals surface area (Å²) in [5.41, 5.74) is 0.332. The minimum atomic E-state index is -0.882. The standard InChI is InChI=1S/C13H15FO4/c1-17-10-8-7-9(12(14)13(10)18-2)5-3-4-6-11(15)16/h3,5,7-8H,4,6H2,1-2H3,(H,15,16). The Hall–Kier alpha value is -2.04. The minimum absolute atomic E-state index is 0.0193. The molecule has 98 valence electrons. The first-order valence-electron chi connectivity index (χ1n) is 5.39. The van der Waals surface area contributed by atoms with Crippen molar-refractivity contribution in [3.8, 4) is 11.5 Å². The Morgan fingerprint density at radius 1 is 1.39 bits per heavy atom. The third kappa shape index (κ3) is 3.48. The van der Waals surface area contributed by atoms with Crippen molar-refractivity contribution in [1.82, 2.24) is 0 Å². The zero-order chi connectivity index (χ0) is 13.5. The smallest absolute Gasteiger partial charge is 0.303 e. The summed E-state index contributed by atoms with van der Waals surface area (Å²) in [5.74, 6) is -1.05. The van der Waals surface area contributed by atoms with Crippen LogP contribution in [0, 0.1) is 5.82 Å². The molecule has 5 heteroatoms. The SMILES string of the molecule is COc1ccc(C=CCCC(=O)O)c(F)c1OC. The molecule has 0 fully saturated rings. The third-order valence-electron chi connectivity index (χ3n) is 2.34. The summed E-state index contributed by atoms with van der Waals surface area (Å²) in [6.07, 6.45) is 3.51. The second-order valence-corrected chi connectivity index (χ2v) is 3.54. The maximum Gasteiger partial charge on any atom is 0.303 e. The molecule has 0 atom stereocenters. The Morgan fingerprint density at radius 2 is 2.11 bits per heavy atom. The van der Waals surface area contributed by atoms with E-state index in [1.807, 2.05) is 0 Å². The van der Waals surface area contributed by atoms with Crippen molar-refractivity contribution in [1.29, 1.82) is 0 Å². The Balaban J connectivity index is 2.87. The normalized spacial score (nSPS) is 10.6. The molecule has 1 rings (SSSR count). The van der Waals surface area contributed by atoms with Crippen LogP contribution in [0.15, 0.2) is 18.2 Å². The van der Waals surface area contributed by atoms with Gasteiger partial charge < -0.3 is 14.6 Å². The number of hydrogen-bond acceptors (Lipinski definition) is 3. The fraction of sp³-hybridized carbons (Fsp3) is 0.308. The summed E-state index contributed by atoms with van der Waals surface area (Å²) in [5, 5.41) is 8.47. The van der Waals surface area contributed by atoms with Gasteiger partial charge in [-0.3, -0.25) is 4.79 Å². The molecule has 0 bridgehead atoms. The Bertz CT molecular complexity index is 455. The van der Waals surface area contributed by atoms with Crippen LogP contribution in [-0.2, 0) is 4.79 Å². The molecule has 0 saturated carbocycles. The lowest BCUT2D eigenvalue weighted by molar-refractivity contribution is -0.136. The van der Waals surface area contributed by atoms with E-state index >= 15 is 0 Å². The van der Waals surface area contributed by atoms with Crippen molar-refractivity contribution < 1.29 is 23.8 Å². The van der Waals surface area contributed by atoms with E-state index in [-0.39, 0.29) is 12.2 Å². The first-order valence-corrected chi connectivity index (χ1v) is 5.39. The van der Waals surface area contributed by atoms with Crippen molar-refractivity contribution in [3.63, 3.8) is 0 Å². The van der Waals surface area contributed by atoms with Crippen LogP contribution in [0.4, 0.5) is 4.39 Å².